The van der Waals surface area contributed by atoms with Crippen LogP contribution in [0.1, 0.15) is 48.2 Å². The van der Waals surface area contributed by atoms with Crippen molar-refractivity contribution in [2.45, 2.75) is 51.4 Å². The van der Waals surface area contributed by atoms with Crippen LogP contribution in [-0.4, -0.2) is 24.2 Å². The largest absolute Gasteiger partial charge is 0.496 e. The van der Waals surface area contributed by atoms with E-state index in [1.54, 1.807) is 14.2 Å². The molecule has 0 bridgehead atoms. The highest BCUT2D eigenvalue weighted by Gasteiger charge is 2.11. The quantitative estimate of drug-likeness (QED) is 0.686. The Kier molecular flexibility index (Phi) is 7.65. The van der Waals surface area contributed by atoms with Crippen molar-refractivity contribution in [3.8, 4) is 11.5 Å². The maximum Gasteiger partial charge on any atom is 0.125 e. The van der Waals surface area contributed by atoms with Crippen LogP contribution >= 0.6 is 0 Å². The molecule has 0 atom stereocenters. The van der Waals surface area contributed by atoms with Gasteiger partial charge in [0.15, 0.2) is 0 Å². The first-order chi connectivity index (χ1) is 13.8. The van der Waals surface area contributed by atoms with Gasteiger partial charge >= 0.3 is 0 Å². The Bertz CT molecular complexity index is 758. The third-order valence-corrected chi connectivity index (χ3v) is 5.19. The molecule has 1 aliphatic carbocycles. The minimum atomic E-state index is 0.939. The highest BCUT2D eigenvalue weighted by molar-refractivity contribution is 5.37. The molecule has 0 fully saturated rings. The number of aromatic nitrogens is 2. The summed E-state index contributed by atoms with van der Waals surface area (Å²) in [7, 11) is 3.48. The molecule has 0 aromatic carbocycles. The van der Waals surface area contributed by atoms with Gasteiger partial charge in [0.05, 0.1) is 14.2 Å². The van der Waals surface area contributed by atoms with E-state index < -0.39 is 0 Å². The van der Waals surface area contributed by atoms with E-state index in [0.29, 0.717) is 0 Å². The summed E-state index contributed by atoms with van der Waals surface area (Å²) in [5, 5.41) is 0. The van der Waals surface area contributed by atoms with Gasteiger partial charge in [0.2, 0.25) is 0 Å². The number of hydrogen-bond donors (Lipinski definition) is 0. The number of methoxy groups -OCH3 is 2. The van der Waals surface area contributed by atoms with Gasteiger partial charge in [-0.2, -0.15) is 0 Å². The molecule has 148 valence electrons. The minimum absolute atomic E-state index is 0.939. The Morgan fingerprint density at radius 1 is 0.607 bits per heavy atom. The van der Waals surface area contributed by atoms with Crippen molar-refractivity contribution in [3.63, 3.8) is 0 Å². The van der Waals surface area contributed by atoms with E-state index in [-0.39, 0.29) is 0 Å². The van der Waals surface area contributed by atoms with Crippen molar-refractivity contribution < 1.29 is 9.47 Å². The first kappa shape index (κ1) is 20.1. The second-order valence-corrected chi connectivity index (χ2v) is 6.97. The summed E-state index contributed by atoms with van der Waals surface area (Å²) in [5.41, 5.74) is 4.79. The number of fused-ring (bicyclic) bond motifs is 2. The molecule has 28 heavy (non-hydrogen) atoms. The molecule has 0 radical (unpaired) electrons. The first-order valence-corrected chi connectivity index (χ1v) is 10.1. The average Bonchev–Trinajstić information content (AvgIpc) is 2.73. The summed E-state index contributed by atoms with van der Waals surface area (Å²) in [6.45, 7) is 0. The van der Waals surface area contributed by atoms with Crippen LogP contribution < -0.4 is 9.47 Å². The molecule has 2 aromatic heterocycles. The van der Waals surface area contributed by atoms with Crippen molar-refractivity contribution in [3.05, 3.63) is 71.3 Å². The lowest BCUT2D eigenvalue weighted by molar-refractivity contribution is 0.408. The van der Waals surface area contributed by atoms with Gasteiger partial charge in [0, 0.05) is 34.9 Å². The van der Waals surface area contributed by atoms with Crippen LogP contribution in [0.2, 0.25) is 0 Å². The molecule has 0 aliphatic heterocycles. The summed E-state index contributed by atoms with van der Waals surface area (Å²) >= 11 is 0. The van der Waals surface area contributed by atoms with Gasteiger partial charge in [-0.15, -0.1) is 0 Å². The Morgan fingerprint density at radius 2 is 1.00 bits per heavy atom. The number of ether oxygens (including phenoxy) is 2. The van der Waals surface area contributed by atoms with Gasteiger partial charge in [0.1, 0.15) is 11.5 Å². The lowest BCUT2D eigenvalue weighted by atomic mass is 10.0. The molecule has 3 rings (SSSR count). The van der Waals surface area contributed by atoms with Crippen LogP contribution in [-0.2, 0) is 25.7 Å². The molecule has 0 saturated heterocycles. The van der Waals surface area contributed by atoms with Crippen LogP contribution in [0.5, 0.6) is 11.5 Å². The maximum atomic E-state index is 5.58. The van der Waals surface area contributed by atoms with Gasteiger partial charge in [-0.3, -0.25) is 9.97 Å². The Morgan fingerprint density at radius 3 is 1.39 bits per heavy atom. The van der Waals surface area contributed by atoms with Gasteiger partial charge in [0.25, 0.3) is 0 Å². The maximum absolute atomic E-state index is 5.58. The second-order valence-electron chi connectivity index (χ2n) is 6.97. The Hall–Kier alpha value is -2.62. The van der Waals surface area contributed by atoms with Crippen molar-refractivity contribution in [2.75, 3.05) is 14.2 Å². The van der Waals surface area contributed by atoms with Gasteiger partial charge < -0.3 is 9.47 Å². The van der Waals surface area contributed by atoms with Gasteiger partial charge in [-0.25, -0.2) is 0 Å². The lowest BCUT2D eigenvalue weighted by Gasteiger charge is -2.13. The van der Waals surface area contributed by atoms with E-state index in [4.69, 9.17) is 9.47 Å². The van der Waals surface area contributed by atoms with E-state index in [9.17, 15) is 0 Å². The molecule has 2 aromatic rings. The molecule has 0 N–H and O–H groups in total. The molecule has 4 nitrogen and oxygen atoms in total. The molecule has 0 amide bonds. The number of pyridine rings is 2. The topological polar surface area (TPSA) is 44.2 Å². The highest BCUT2D eigenvalue weighted by Crippen LogP contribution is 2.25. The molecule has 1 aliphatic rings. The van der Waals surface area contributed by atoms with E-state index >= 15 is 0 Å². The molecule has 0 unspecified atom stereocenters. The van der Waals surface area contributed by atoms with Crippen LogP contribution in [0.15, 0.2) is 48.8 Å². The summed E-state index contributed by atoms with van der Waals surface area (Å²) in [6, 6.07) is 3.93. The highest BCUT2D eigenvalue weighted by atomic mass is 16.5. The third kappa shape index (κ3) is 5.22. The lowest BCUT2D eigenvalue weighted by Crippen LogP contribution is -2.02. The Balaban J connectivity index is 1.79. The minimum Gasteiger partial charge on any atom is -0.496 e. The summed E-state index contributed by atoms with van der Waals surface area (Å²) in [4.78, 5) is 9.24. The fraction of sp³-hybridized carbons (Fsp3) is 0.417. The van der Waals surface area contributed by atoms with E-state index in [1.165, 1.54) is 11.1 Å². The predicted molar refractivity (Wildman–Crippen MR) is 113 cm³/mol. The van der Waals surface area contributed by atoms with Crippen molar-refractivity contribution in [1.29, 1.82) is 0 Å². The fourth-order valence-corrected chi connectivity index (χ4v) is 3.75. The first-order valence-electron chi connectivity index (χ1n) is 10.1. The molecule has 4 heteroatoms. The summed E-state index contributed by atoms with van der Waals surface area (Å²) in [5.74, 6) is 1.91. The van der Waals surface area contributed by atoms with Gasteiger partial charge in [-0.1, -0.05) is 24.3 Å². The van der Waals surface area contributed by atoms with Crippen LogP contribution in [0.3, 0.4) is 0 Å². The molecular formula is C24H30N2O2. The van der Waals surface area contributed by atoms with Crippen molar-refractivity contribution in [2.24, 2.45) is 0 Å². The number of allylic oxidation sites excluding steroid dienone is 4. The number of nitrogens with zero attached hydrogens (tertiary/aromatic N) is 2. The zero-order valence-corrected chi connectivity index (χ0v) is 17.0. The van der Waals surface area contributed by atoms with Crippen LogP contribution in [0.4, 0.5) is 0 Å². The molecule has 0 spiro atoms. The standard InChI is InChI=1S/C24H30N2O2/c1-27-23-15-17-25-21-13-9-6-4-8-12-20-22(26-18-16-24(20)28-2)14-10-5-3-7-11-19(21)23/h3-6,15-18H,7-14H2,1-2H3/b5-3+,6-4+. The zero-order chi connectivity index (χ0) is 19.6. The normalized spacial score (nSPS) is 17.8. The fourth-order valence-electron chi connectivity index (χ4n) is 3.75. The van der Waals surface area contributed by atoms with Crippen LogP contribution in [0.25, 0.3) is 0 Å². The SMILES string of the molecule is COc1ccnc2c1CC/C=C/CCc1nccc(OC)c1CC/C=C/CC2. The van der Waals surface area contributed by atoms with Crippen molar-refractivity contribution >= 4 is 0 Å². The van der Waals surface area contributed by atoms with E-state index in [1.807, 2.05) is 24.5 Å². The molecular weight excluding hydrogens is 348 g/mol. The van der Waals surface area contributed by atoms with E-state index in [0.717, 1.165) is 74.3 Å². The summed E-state index contributed by atoms with van der Waals surface area (Å²) < 4.78 is 11.2. The number of rotatable bonds is 2. The second kappa shape index (κ2) is 10.6. The number of aryl methyl sites for hydroxylation is 2. The van der Waals surface area contributed by atoms with Gasteiger partial charge in [-0.05, 0) is 63.5 Å². The van der Waals surface area contributed by atoms with E-state index in [2.05, 4.69) is 34.3 Å². The van der Waals surface area contributed by atoms with Crippen molar-refractivity contribution in [1.82, 2.24) is 9.97 Å². The molecule has 0 saturated carbocycles. The predicted octanol–water partition coefficient (Wildman–Crippen LogP) is 5.05. The molecule has 2 heterocycles. The monoisotopic (exact) mass is 378 g/mol. The smallest absolute Gasteiger partial charge is 0.125 e. The Labute approximate surface area is 168 Å². The summed E-state index contributed by atoms with van der Waals surface area (Å²) in [6.07, 6.45) is 20.5. The van der Waals surface area contributed by atoms with Crippen LogP contribution in [0, 0.1) is 0 Å². The average molecular weight is 379 g/mol. The number of hydrogen-bond acceptors (Lipinski definition) is 4. The third-order valence-electron chi connectivity index (χ3n) is 5.19. The zero-order valence-electron chi connectivity index (χ0n) is 17.0.